The highest BCUT2D eigenvalue weighted by atomic mass is 19.1. The van der Waals surface area contributed by atoms with Gasteiger partial charge in [-0.2, -0.15) is 4.98 Å². The van der Waals surface area contributed by atoms with Gasteiger partial charge in [0.2, 0.25) is 0 Å². The van der Waals surface area contributed by atoms with Crippen LogP contribution in [0.15, 0.2) is 22.7 Å². The fourth-order valence-electron chi connectivity index (χ4n) is 1.24. The quantitative estimate of drug-likeness (QED) is 0.575. The van der Waals surface area contributed by atoms with E-state index in [-0.39, 0.29) is 11.5 Å². The number of nitrogens with zero attached hydrogens (tertiary/aromatic N) is 3. The lowest BCUT2D eigenvalue weighted by molar-refractivity contribution is -0.384. The largest absolute Gasteiger partial charge is 0.334 e. The van der Waals surface area contributed by atoms with E-state index in [2.05, 4.69) is 10.1 Å². The van der Waals surface area contributed by atoms with E-state index in [1.54, 1.807) is 6.92 Å². The van der Waals surface area contributed by atoms with E-state index < -0.39 is 16.4 Å². The monoisotopic (exact) mass is 223 g/mol. The first-order valence-corrected chi connectivity index (χ1v) is 4.32. The summed E-state index contributed by atoms with van der Waals surface area (Å²) in [5, 5.41) is 14.2. The van der Waals surface area contributed by atoms with Crippen LogP contribution in [-0.4, -0.2) is 15.1 Å². The first-order chi connectivity index (χ1) is 7.58. The molecular weight excluding hydrogens is 217 g/mol. The molecule has 0 saturated carbocycles. The minimum absolute atomic E-state index is 0.00389. The second kappa shape index (κ2) is 3.69. The molecule has 7 heteroatoms. The van der Waals surface area contributed by atoms with Crippen molar-refractivity contribution in [1.82, 2.24) is 10.1 Å². The summed E-state index contributed by atoms with van der Waals surface area (Å²) < 4.78 is 17.7. The molecule has 0 radical (unpaired) electrons. The van der Waals surface area contributed by atoms with E-state index in [4.69, 9.17) is 4.52 Å². The van der Waals surface area contributed by atoms with Crippen molar-refractivity contribution >= 4 is 5.69 Å². The van der Waals surface area contributed by atoms with Gasteiger partial charge in [-0.3, -0.25) is 10.1 Å². The van der Waals surface area contributed by atoms with Crippen LogP contribution in [0, 0.1) is 22.9 Å². The van der Waals surface area contributed by atoms with Gasteiger partial charge >= 0.3 is 0 Å². The van der Waals surface area contributed by atoms with Crippen molar-refractivity contribution in [2.24, 2.45) is 0 Å². The third kappa shape index (κ3) is 1.74. The molecule has 82 valence electrons. The van der Waals surface area contributed by atoms with Crippen molar-refractivity contribution in [1.29, 1.82) is 0 Å². The summed E-state index contributed by atoms with van der Waals surface area (Å²) in [5.74, 6) is -0.329. The fraction of sp³-hybridized carbons (Fsp3) is 0.111. The normalized spacial score (nSPS) is 10.4. The Bertz CT molecular complexity index is 553. The Balaban J connectivity index is 2.60. The molecule has 0 bridgehead atoms. The van der Waals surface area contributed by atoms with Crippen molar-refractivity contribution in [3.63, 3.8) is 0 Å². The minimum atomic E-state index is -0.696. The molecular formula is C9H6FN3O3. The summed E-state index contributed by atoms with van der Waals surface area (Å²) in [6, 6.07) is 3.15. The molecule has 2 rings (SSSR count). The summed E-state index contributed by atoms with van der Waals surface area (Å²) in [5.41, 5.74) is -0.296. The van der Waals surface area contributed by atoms with E-state index in [0.29, 0.717) is 5.82 Å². The van der Waals surface area contributed by atoms with E-state index in [1.165, 1.54) is 6.07 Å². The Kier molecular flexibility index (Phi) is 2.35. The number of aromatic nitrogens is 2. The third-order valence-electron chi connectivity index (χ3n) is 1.91. The number of hydrogen-bond acceptors (Lipinski definition) is 5. The molecule has 1 aromatic carbocycles. The van der Waals surface area contributed by atoms with Gasteiger partial charge in [-0.1, -0.05) is 5.16 Å². The number of hydrogen-bond donors (Lipinski definition) is 0. The van der Waals surface area contributed by atoms with Crippen LogP contribution in [0.4, 0.5) is 10.1 Å². The zero-order valence-corrected chi connectivity index (χ0v) is 8.18. The second-order valence-corrected chi connectivity index (χ2v) is 3.07. The van der Waals surface area contributed by atoms with Crippen LogP contribution >= 0.6 is 0 Å². The Morgan fingerprint density at radius 3 is 2.81 bits per heavy atom. The lowest BCUT2D eigenvalue weighted by Crippen LogP contribution is -1.93. The molecule has 0 aliphatic rings. The van der Waals surface area contributed by atoms with Gasteiger partial charge in [-0.05, 0) is 19.1 Å². The maximum Gasteiger partial charge on any atom is 0.285 e. The number of aryl methyl sites for hydroxylation is 1. The molecule has 1 aromatic heterocycles. The van der Waals surface area contributed by atoms with Crippen LogP contribution in [0.3, 0.4) is 0 Å². The van der Waals surface area contributed by atoms with Gasteiger partial charge in [0.25, 0.3) is 11.6 Å². The molecule has 0 spiro atoms. The van der Waals surface area contributed by atoms with E-state index in [9.17, 15) is 14.5 Å². The Hall–Kier alpha value is -2.31. The van der Waals surface area contributed by atoms with Crippen molar-refractivity contribution < 1.29 is 13.8 Å². The second-order valence-electron chi connectivity index (χ2n) is 3.07. The first kappa shape index (κ1) is 10.2. The molecule has 0 N–H and O–H groups in total. The molecule has 0 aliphatic carbocycles. The van der Waals surface area contributed by atoms with Gasteiger partial charge in [0.15, 0.2) is 5.82 Å². The average molecular weight is 223 g/mol. The number of benzene rings is 1. The molecule has 0 saturated heterocycles. The molecule has 1 heterocycles. The number of nitro benzene ring substituents is 1. The van der Waals surface area contributed by atoms with E-state index in [0.717, 1.165) is 12.1 Å². The number of halogens is 1. The average Bonchev–Trinajstić information content (AvgIpc) is 2.64. The SMILES string of the molecule is Cc1noc(-c2ccc(F)cc2[N+](=O)[O-])n1. The van der Waals surface area contributed by atoms with Crippen LogP contribution in [0.25, 0.3) is 11.5 Å². The topological polar surface area (TPSA) is 82.1 Å². The number of rotatable bonds is 2. The smallest absolute Gasteiger partial charge is 0.285 e. The molecule has 6 nitrogen and oxygen atoms in total. The Labute approximate surface area is 88.9 Å². The summed E-state index contributed by atoms with van der Waals surface area (Å²) in [6.07, 6.45) is 0. The Morgan fingerprint density at radius 1 is 1.50 bits per heavy atom. The van der Waals surface area contributed by atoms with E-state index in [1.807, 2.05) is 0 Å². The van der Waals surface area contributed by atoms with Crippen LogP contribution < -0.4 is 0 Å². The minimum Gasteiger partial charge on any atom is -0.334 e. The van der Waals surface area contributed by atoms with Crippen LogP contribution in [0.2, 0.25) is 0 Å². The summed E-state index contributed by atoms with van der Waals surface area (Å²) >= 11 is 0. The van der Waals surface area contributed by atoms with Crippen molar-refractivity contribution in [2.75, 3.05) is 0 Å². The lowest BCUT2D eigenvalue weighted by atomic mass is 10.2. The highest BCUT2D eigenvalue weighted by molar-refractivity contribution is 5.66. The van der Waals surface area contributed by atoms with Gasteiger partial charge < -0.3 is 4.52 Å². The molecule has 2 aromatic rings. The number of nitro groups is 1. The maximum absolute atomic E-state index is 12.9. The van der Waals surface area contributed by atoms with Gasteiger partial charge in [0.05, 0.1) is 11.0 Å². The van der Waals surface area contributed by atoms with Crippen molar-refractivity contribution in [3.8, 4) is 11.5 Å². The van der Waals surface area contributed by atoms with Crippen molar-refractivity contribution in [2.45, 2.75) is 6.92 Å². The highest BCUT2D eigenvalue weighted by Crippen LogP contribution is 2.28. The van der Waals surface area contributed by atoms with Crippen LogP contribution in [-0.2, 0) is 0 Å². The van der Waals surface area contributed by atoms with Crippen LogP contribution in [0.5, 0.6) is 0 Å². The maximum atomic E-state index is 12.9. The highest BCUT2D eigenvalue weighted by Gasteiger charge is 2.20. The third-order valence-corrected chi connectivity index (χ3v) is 1.91. The summed E-state index contributed by atoms with van der Waals surface area (Å²) in [4.78, 5) is 13.9. The molecule has 0 fully saturated rings. The first-order valence-electron chi connectivity index (χ1n) is 4.32. The Morgan fingerprint density at radius 2 is 2.25 bits per heavy atom. The van der Waals surface area contributed by atoms with Gasteiger partial charge in [-0.25, -0.2) is 4.39 Å². The molecule has 16 heavy (non-hydrogen) atoms. The zero-order chi connectivity index (χ0) is 11.7. The van der Waals surface area contributed by atoms with Gasteiger partial charge in [0.1, 0.15) is 11.4 Å². The molecule has 0 unspecified atom stereocenters. The summed E-state index contributed by atoms with van der Waals surface area (Å²) in [7, 11) is 0. The van der Waals surface area contributed by atoms with Crippen LogP contribution in [0.1, 0.15) is 5.82 Å². The molecule has 0 aliphatic heterocycles. The fourth-order valence-corrected chi connectivity index (χ4v) is 1.24. The van der Waals surface area contributed by atoms with Gasteiger partial charge in [0, 0.05) is 0 Å². The standard InChI is InChI=1S/C9H6FN3O3/c1-5-11-9(16-12-5)7-3-2-6(10)4-8(7)13(14)15/h2-4H,1H3. The summed E-state index contributed by atoms with van der Waals surface area (Å²) in [6.45, 7) is 1.59. The molecule has 0 atom stereocenters. The van der Waals surface area contributed by atoms with E-state index >= 15 is 0 Å². The van der Waals surface area contributed by atoms with Crippen molar-refractivity contribution in [3.05, 3.63) is 40.0 Å². The lowest BCUT2D eigenvalue weighted by Gasteiger charge is -1.97. The predicted molar refractivity (Wildman–Crippen MR) is 51.1 cm³/mol. The molecule has 0 amide bonds. The zero-order valence-electron chi connectivity index (χ0n) is 8.18. The van der Waals surface area contributed by atoms with Gasteiger partial charge in [-0.15, -0.1) is 0 Å². The predicted octanol–water partition coefficient (Wildman–Crippen LogP) is 2.09.